The van der Waals surface area contributed by atoms with Gasteiger partial charge in [-0.15, -0.1) is 0 Å². The first-order valence-corrected chi connectivity index (χ1v) is 9.44. The van der Waals surface area contributed by atoms with Crippen LogP contribution in [0, 0.1) is 6.92 Å². The molecule has 0 aliphatic rings. The molecular formula is C9H12O8S3. The standard InChI is InChI=1S/C9H12O8S3/c1-7-3-5-9(6-4-7)19(11,12)17-18(16-8(2)10)20(13,14)15/h3-6H,1-2H3,(H2,13,14,15). The zero-order valence-electron chi connectivity index (χ0n) is 10.4. The first kappa shape index (κ1) is 17.1. The van der Waals surface area contributed by atoms with Gasteiger partial charge in [-0.05, 0) is 19.1 Å². The van der Waals surface area contributed by atoms with E-state index in [1.54, 1.807) is 6.92 Å². The summed E-state index contributed by atoms with van der Waals surface area (Å²) in [6.07, 6.45) is 0. The molecule has 0 amide bonds. The van der Waals surface area contributed by atoms with Crippen molar-refractivity contribution in [3.8, 4) is 0 Å². The Hall–Kier alpha value is -0.980. The molecule has 1 rings (SSSR count). The van der Waals surface area contributed by atoms with Gasteiger partial charge in [0, 0.05) is 6.92 Å². The molecule has 1 unspecified atom stereocenters. The van der Waals surface area contributed by atoms with E-state index in [1.807, 2.05) is 0 Å². The third kappa shape index (κ3) is 4.85. The Morgan fingerprint density at radius 1 is 1.15 bits per heavy atom. The number of hydrogen-bond acceptors (Lipinski definition) is 6. The third-order valence-corrected chi connectivity index (χ3v) is 6.32. The molecule has 20 heavy (non-hydrogen) atoms. The first-order valence-electron chi connectivity index (χ1n) is 4.97. The summed E-state index contributed by atoms with van der Waals surface area (Å²) in [4.78, 5) is 10.4. The Labute approximate surface area is 118 Å². The van der Waals surface area contributed by atoms with Crippen LogP contribution in [0.1, 0.15) is 12.5 Å². The molecule has 0 heterocycles. The van der Waals surface area contributed by atoms with Gasteiger partial charge in [-0.2, -0.15) is 16.3 Å². The molecule has 8 nitrogen and oxygen atoms in total. The Morgan fingerprint density at radius 3 is 2.05 bits per heavy atom. The van der Waals surface area contributed by atoms with Crippen LogP contribution in [0.25, 0.3) is 0 Å². The molecule has 2 N–H and O–H groups in total. The Bertz CT molecular complexity index is 717. The lowest BCUT2D eigenvalue weighted by Crippen LogP contribution is -2.19. The van der Waals surface area contributed by atoms with Crippen LogP contribution in [0.2, 0.25) is 0 Å². The molecule has 1 atom stereocenters. The Kier molecular flexibility index (Phi) is 5.29. The largest absolute Gasteiger partial charge is 0.362 e. The molecule has 0 saturated heterocycles. The smallest absolute Gasteiger partial charge is 0.316 e. The van der Waals surface area contributed by atoms with E-state index >= 15 is 0 Å². The van der Waals surface area contributed by atoms with Crippen LogP contribution in [0.15, 0.2) is 29.2 Å². The second-order valence-corrected chi connectivity index (χ2v) is 9.08. The van der Waals surface area contributed by atoms with Crippen molar-refractivity contribution in [2.75, 3.05) is 0 Å². The normalized spacial score (nSPS) is 13.8. The summed E-state index contributed by atoms with van der Waals surface area (Å²) >= 11 is 0. The Morgan fingerprint density at radius 2 is 1.65 bits per heavy atom. The number of carbonyl (C=O) groups is 1. The fraction of sp³-hybridized carbons (Fsp3) is 0.222. The van der Waals surface area contributed by atoms with Gasteiger partial charge in [-0.1, -0.05) is 17.7 Å². The molecule has 0 aliphatic carbocycles. The summed E-state index contributed by atoms with van der Waals surface area (Å²) in [5.74, 6) is -1.08. The molecule has 0 fully saturated rings. The minimum Gasteiger partial charge on any atom is -0.362 e. The summed E-state index contributed by atoms with van der Waals surface area (Å²) in [5.41, 5.74) is 0.788. The summed E-state index contributed by atoms with van der Waals surface area (Å²) in [6, 6.07) is 5.37. The van der Waals surface area contributed by atoms with Crippen molar-refractivity contribution in [2.45, 2.75) is 18.7 Å². The van der Waals surface area contributed by atoms with Gasteiger partial charge in [0.25, 0.3) is 19.1 Å². The van der Waals surface area contributed by atoms with Crippen LogP contribution in [0.4, 0.5) is 0 Å². The molecule has 0 bridgehead atoms. The molecule has 0 radical (unpaired) electrons. The fourth-order valence-corrected chi connectivity index (χ4v) is 4.92. The van der Waals surface area contributed by atoms with Crippen LogP contribution in [0.5, 0.6) is 0 Å². The van der Waals surface area contributed by atoms with Gasteiger partial charge in [0.05, 0.1) is 4.90 Å². The van der Waals surface area contributed by atoms with Crippen molar-refractivity contribution in [1.29, 1.82) is 0 Å². The highest BCUT2D eigenvalue weighted by molar-refractivity contribution is 8.40. The van der Waals surface area contributed by atoms with E-state index in [1.165, 1.54) is 24.3 Å². The lowest BCUT2D eigenvalue weighted by atomic mass is 10.2. The van der Waals surface area contributed by atoms with E-state index in [0.717, 1.165) is 12.5 Å². The van der Waals surface area contributed by atoms with Gasteiger partial charge in [0.1, 0.15) is 0 Å². The van der Waals surface area contributed by atoms with Crippen LogP contribution in [-0.2, 0) is 41.8 Å². The predicted octanol–water partition coefficient (Wildman–Crippen LogP) is 0.857. The summed E-state index contributed by atoms with van der Waals surface area (Å²) < 4.78 is 61.0. The number of hydrogen-bond donors (Lipinski definition) is 2. The molecule has 114 valence electrons. The highest BCUT2D eigenvalue weighted by Crippen LogP contribution is 2.16. The topological polar surface area (TPSA) is 127 Å². The van der Waals surface area contributed by atoms with Crippen molar-refractivity contribution < 1.29 is 34.3 Å². The molecule has 1 aromatic rings. The molecule has 1 aromatic carbocycles. The van der Waals surface area contributed by atoms with Crippen LogP contribution >= 0.6 is 0 Å². The number of aryl methyl sites for hydroxylation is 1. The highest BCUT2D eigenvalue weighted by Gasteiger charge is 2.24. The van der Waals surface area contributed by atoms with E-state index in [4.69, 9.17) is 9.11 Å². The van der Waals surface area contributed by atoms with E-state index in [0.29, 0.717) is 0 Å². The average Bonchev–Trinajstić information content (AvgIpc) is 2.26. The quantitative estimate of drug-likeness (QED) is 0.823. The van der Waals surface area contributed by atoms with Crippen LogP contribution in [0.3, 0.4) is 0 Å². The summed E-state index contributed by atoms with van der Waals surface area (Å²) in [6.45, 7) is 2.60. The number of carbonyl (C=O) groups excluding carboxylic acids is 1. The average molecular weight is 344 g/mol. The molecule has 0 aromatic heterocycles. The molecule has 0 spiro atoms. The predicted molar refractivity (Wildman–Crippen MR) is 72.0 cm³/mol. The van der Waals surface area contributed by atoms with Crippen molar-refractivity contribution in [1.82, 2.24) is 0 Å². The van der Waals surface area contributed by atoms with E-state index in [2.05, 4.69) is 7.81 Å². The van der Waals surface area contributed by atoms with E-state index in [9.17, 15) is 17.4 Å². The summed E-state index contributed by atoms with van der Waals surface area (Å²) in [5, 5.41) is 0. The van der Waals surface area contributed by atoms with Crippen molar-refractivity contribution in [3.05, 3.63) is 29.8 Å². The SMILES string of the molecule is CC(=O)OS(OS(=O)(=O)c1ccc(C)cc1)=S(=O)(O)O. The van der Waals surface area contributed by atoms with E-state index < -0.39 is 35.2 Å². The van der Waals surface area contributed by atoms with Crippen molar-refractivity contribution in [2.24, 2.45) is 0 Å². The van der Waals surface area contributed by atoms with Gasteiger partial charge in [-0.3, -0.25) is 13.9 Å². The lowest BCUT2D eigenvalue weighted by molar-refractivity contribution is -0.131. The second kappa shape index (κ2) is 6.20. The van der Waals surface area contributed by atoms with Gasteiger partial charge in [0.2, 0.25) is 0 Å². The van der Waals surface area contributed by atoms with Crippen molar-refractivity contribution in [3.63, 3.8) is 0 Å². The Balaban J connectivity index is 3.21. The van der Waals surface area contributed by atoms with Gasteiger partial charge < -0.3 is 4.18 Å². The zero-order valence-corrected chi connectivity index (χ0v) is 12.8. The molecular weight excluding hydrogens is 332 g/mol. The molecule has 0 aliphatic heterocycles. The van der Waals surface area contributed by atoms with Gasteiger partial charge >= 0.3 is 16.1 Å². The second-order valence-electron chi connectivity index (χ2n) is 3.56. The maximum atomic E-state index is 11.8. The van der Waals surface area contributed by atoms with Crippen molar-refractivity contribution >= 4 is 35.2 Å². The molecule has 0 saturated carbocycles. The minimum atomic E-state index is -4.78. The van der Waals surface area contributed by atoms with E-state index in [-0.39, 0.29) is 4.90 Å². The van der Waals surface area contributed by atoms with Gasteiger partial charge in [0.15, 0.2) is 0 Å². The zero-order chi connectivity index (χ0) is 15.6. The maximum absolute atomic E-state index is 11.8. The van der Waals surface area contributed by atoms with Crippen LogP contribution < -0.4 is 0 Å². The number of rotatable bonds is 4. The summed E-state index contributed by atoms with van der Waals surface area (Å²) in [7, 11) is -12.1. The molecule has 11 heteroatoms. The number of benzene rings is 1. The van der Waals surface area contributed by atoms with Gasteiger partial charge in [-0.25, -0.2) is 0 Å². The third-order valence-electron chi connectivity index (χ3n) is 1.82. The first-order chi connectivity index (χ1) is 9.02. The lowest BCUT2D eigenvalue weighted by Gasteiger charge is -2.09. The highest BCUT2D eigenvalue weighted by atomic mass is 32.9. The fourth-order valence-electron chi connectivity index (χ4n) is 1.01. The monoisotopic (exact) mass is 344 g/mol. The van der Waals surface area contributed by atoms with Crippen LogP contribution in [-0.4, -0.2) is 27.7 Å². The maximum Gasteiger partial charge on any atom is 0.316 e. The minimum absolute atomic E-state index is 0.309.